The van der Waals surface area contributed by atoms with Crippen LogP contribution in [-0.2, 0) is 22.8 Å². The minimum atomic E-state index is -0.876. The van der Waals surface area contributed by atoms with Gasteiger partial charge in [-0.15, -0.1) is 20.3 Å². The van der Waals surface area contributed by atoms with Gasteiger partial charge in [-0.3, -0.25) is 4.99 Å². The van der Waals surface area contributed by atoms with E-state index in [4.69, 9.17) is 9.73 Å². The molecule has 0 saturated heterocycles. The highest BCUT2D eigenvalue weighted by Crippen LogP contribution is 2.33. The van der Waals surface area contributed by atoms with Crippen LogP contribution in [0.15, 0.2) is 77.8 Å². The van der Waals surface area contributed by atoms with Gasteiger partial charge >= 0.3 is 6.09 Å². The largest absolute Gasteiger partial charge is 0.459 e. The summed E-state index contributed by atoms with van der Waals surface area (Å²) in [6, 6.07) is 21.9. The molecule has 3 aromatic carbocycles. The van der Waals surface area contributed by atoms with Crippen LogP contribution in [0, 0.1) is 10.1 Å². The molecular weight excluding hydrogens is 602 g/mol. The van der Waals surface area contributed by atoms with Crippen molar-refractivity contribution in [2.45, 2.75) is 70.6 Å². The number of hydrogen-bond donors (Lipinski definition) is 0. The molecule has 13 heteroatoms. The Hall–Kier alpha value is -5.46. The number of rotatable bonds is 13. The maximum Gasteiger partial charge on any atom is 0.459 e. The van der Waals surface area contributed by atoms with Crippen LogP contribution >= 0.6 is 0 Å². The van der Waals surface area contributed by atoms with Crippen molar-refractivity contribution in [3.05, 3.63) is 94.0 Å². The lowest BCUT2D eigenvalue weighted by Gasteiger charge is -2.26. The van der Waals surface area contributed by atoms with Gasteiger partial charge in [-0.2, -0.15) is 0 Å². The Labute approximate surface area is 272 Å². The highest BCUT2D eigenvalue weighted by Gasteiger charge is 2.34. The van der Waals surface area contributed by atoms with Gasteiger partial charge in [0.25, 0.3) is 5.09 Å². The van der Waals surface area contributed by atoms with E-state index in [1.807, 2.05) is 43.4 Å². The minimum Gasteiger partial charge on any atom is -0.408 e. The Morgan fingerprint density at radius 3 is 2.38 bits per heavy atom. The van der Waals surface area contributed by atoms with Crippen molar-refractivity contribution >= 4 is 18.2 Å². The third-order valence-electron chi connectivity index (χ3n) is 8.13. The molecular formula is C34H37N7O6. The number of ether oxygens (including phenoxy) is 1. The van der Waals surface area contributed by atoms with Crippen molar-refractivity contribution in [2.24, 2.45) is 4.99 Å². The Morgan fingerprint density at radius 2 is 1.72 bits per heavy atom. The zero-order valence-electron chi connectivity index (χ0n) is 26.4. The molecule has 0 atom stereocenters. The summed E-state index contributed by atoms with van der Waals surface area (Å²) >= 11 is 0. The predicted octanol–water partition coefficient (Wildman–Crippen LogP) is 6.29. The van der Waals surface area contributed by atoms with Crippen molar-refractivity contribution in [3.8, 4) is 28.3 Å². The van der Waals surface area contributed by atoms with Crippen LogP contribution in [0.3, 0.4) is 0 Å². The Balaban J connectivity index is 1.27. The maximum atomic E-state index is 12.7. The van der Waals surface area contributed by atoms with E-state index >= 15 is 0 Å². The Morgan fingerprint density at radius 1 is 1.04 bits per heavy atom. The second-order valence-corrected chi connectivity index (χ2v) is 11.6. The summed E-state index contributed by atoms with van der Waals surface area (Å²) in [5, 5.41) is 21.8. The molecule has 1 aliphatic rings. The summed E-state index contributed by atoms with van der Waals surface area (Å²) in [6.45, 7) is 2.60. The fraction of sp³-hybridized carbons (Fsp3) is 0.353. The number of carbonyl (C=O) groups is 2. The lowest BCUT2D eigenvalue weighted by molar-refractivity contribution is -0.763. The van der Waals surface area contributed by atoms with Crippen molar-refractivity contribution in [3.63, 3.8) is 0 Å². The van der Waals surface area contributed by atoms with Gasteiger partial charge in [-0.1, -0.05) is 91.6 Å². The number of aromatic nitrogens is 4. The van der Waals surface area contributed by atoms with Gasteiger partial charge in [0.2, 0.25) is 5.82 Å². The SMILES string of the molecule is CCCCC(=NC1(C=O)CCCC1)N(C)Cc1ccc(-c2ccccc2-c2nnn(C(=O)Oc3ccc(CO[N+](=O)[O-])cc3)n2)cc1. The first-order valence-corrected chi connectivity index (χ1v) is 15.6. The zero-order chi connectivity index (χ0) is 33.2. The Bertz CT molecular complexity index is 1710. The van der Waals surface area contributed by atoms with Crippen molar-refractivity contribution < 1.29 is 24.3 Å². The molecule has 0 N–H and O–H groups in total. The van der Waals surface area contributed by atoms with E-state index in [-0.39, 0.29) is 18.2 Å². The maximum absolute atomic E-state index is 12.7. The molecule has 1 aliphatic carbocycles. The average molecular weight is 640 g/mol. The summed E-state index contributed by atoms with van der Waals surface area (Å²) < 4.78 is 5.33. The molecule has 1 heterocycles. The average Bonchev–Trinajstić information content (AvgIpc) is 3.78. The van der Waals surface area contributed by atoms with E-state index in [1.165, 1.54) is 12.1 Å². The lowest BCUT2D eigenvalue weighted by Crippen LogP contribution is -2.33. The number of aldehydes is 1. The number of aliphatic imine (C=N–C) groups is 1. The van der Waals surface area contributed by atoms with Crippen molar-refractivity contribution in [1.29, 1.82) is 0 Å². The van der Waals surface area contributed by atoms with Gasteiger partial charge < -0.3 is 19.3 Å². The van der Waals surface area contributed by atoms with E-state index in [0.717, 1.165) is 78.6 Å². The summed E-state index contributed by atoms with van der Waals surface area (Å²) in [4.78, 5) is 47.4. The summed E-state index contributed by atoms with van der Waals surface area (Å²) in [7, 11) is 2.04. The van der Waals surface area contributed by atoms with Crippen molar-refractivity contribution in [2.75, 3.05) is 7.05 Å². The molecule has 0 amide bonds. The standard InChI is InChI=1S/C34H37N7O6/c1-3-4-11-31(35-34(24-42)20-7-8-21-34)39(2)22-25-12-16-27(17-13-25)29-9-5-6-10-30(29)32-36-38-40(37-32)33(43)47-28-18-14-26(15-19-28)23-46-41(44)45/h5-6,9-10,12-19,24H,3-4,7-8,11,20-23H2,1-2H3. The first-order chi connectivity index (χ1) is 22.8. The van der Waals surface area contributed by atoms with E-state index in [9.17, 15) is 19.7 Å². The predicted molar refractivity (Wildman–Crippen MR) is 174 cm³/mol. The molecule has 0 bridgehead atoms. The summed E-state index contributed by atoms with van der Waals surface area (Å²) in [5.41, 5.74) is 3.56. The molecule has 4 aromatic rings. The summed E-state index contributed by atoms with van der Waals surface area (Å²) in [6.07, 6.45) is 6.79. The molecule has 0 spiro atoms. The topological polar surface area (TPSA) is 155 Å². The van der Waals surface area contributed by atoms with Crippen LogP contribution in [0.2, 0.25) is 0 Å². The molecule has 5 rings (SSSR count). The van der Waals surface area contributed by atoms with E-state index in [2.05, 4.69) is 44.2 Å². The smallest absolute Gasteiger partial charge is 0.408 e. The van der Waals surface area contributed by atoms with Gasteiger partial charge in [0.1, 0.15) is 30.0 Å². The van der Waals surface area contributed by atoms with Gasteiger partial charge in [0.05, 0.1) is 0 Å². The van der Waals surface area contributed by atoms with E-state index in [1.54, 1.807) is 12.1 Å². The molecule has 1 fully saturated rings. The van der Waals surface area contributed by atoms with Crippen LogP contribution in [0.5, 0.6) is 5.75 Å². The number of amidine groups is 1. The van der Waals surface area contributed by atoms with Crippen LogP contribution in [-0.4, -0.2) is 61.0 Å². The van der Waals surface area contributed by atoms with Crippen molar-refractivity contribution in [1.82, 2.24) is 25.1 Å². The van der Waals surface area contributed by atoms with Gasteiger partial charge in [-0.25, -0.2) is 4.79 Å². The second kappa shape index (κ2) is 15.2. The molecule has 244 valence electrons. The third kappa shape index (κ3) is 8.43. The second-order valence-electron chi connectivity index (χ2n) is 11.6. The van der Waals surface area contributed by atoms with Crippen LogP contribution in [0.1, 0.15) is 63.0 Å². The molecule has 13 nitrogen and oxygen atoms in total. The first kappa shape index (κ1) is 32.9. The van der Waals surface area contributed by atoms with Crippen LogP contribution in [0.25, 0.3) is 22.5 Å². The molecule has 47 heavy (non-hydrogen) atoms. The fourth-order valence-corrected chi connectivity index (χ4v) is 5.57. The number of tetrazole rings is 1. The van der Waals surface area contributed by atoms with Gasteiger partial charge in [0.15, 0.2) is 0 Å². The molecule has 0 aliphatic heterocycles. The Kier molecular flexibility index (Phi) is 10.7. The molecule has 0 radical (unpaired) electrons. The molecule has 0 unspecified atom stereocenters. The normalized spacial score (nSPS) is 14.0. The van der Waals surface area contributed by atoms with Gasteiger partial charge in [-0.05, 0) is 58.9 Å². The number of hydrogen-bond acceptors (Lipinski definition) is 10. The van der Waals surface area contributed by atoms with E-state index in [0.29, 0.717) is 17.7 Å². The number of unbranched alkanes of at least 4 members (excludes halogenated alkanes) is 1. The monoisotopic (exact) mass is 639 g/mol. The highest BCUT2D eigenvalue weighted by atomic mass is 16.9. The molecule has 1 aromatic heterocycles. The number of nitrogens with zero attached hydrogens (tertiary/aromatic N) is 7. The van der Waals surface area contributed by atoms with Crippen LogP contribution < -0.4 is 4.74 Å². The first-order valence-electron chi connectivity index (χ1n) is 15.6. The number of carbonyl (C=O) groups excluding carboxylic acids is 2. The highest BCUT2D eigenvalue weighted by molar-refractivity contribution is 5.85. The quantitative estimate of drug-likeness (QED) is 0.0535. The number of benzene rings is 3. The zero-order valence-corrected chi connectivity index (χ0v) is 26.4. The summed E-state index contributed by atoms with van der Waals surface area (Å²) in [5.74, 6) is 1.43. The third-order valence-corrected chi connectivity index (χ3v) is 8.13. The van der Waals surface area contributed by atoms with Crippen LogP contribution in [0.4, 0.5) is 4.79 Å². The van der Waals surface area contributed by atoms with E-state index < -0.39 is 16.7 Å². The molecule has 1 saturated carbocycles. The lowest BCUT2D eigenvalue weighted by atomic mass is 9.98. The minimum absolute atomic E-state index is 0.204. The fourth-order valence-electron chi connectivity index (χ4n) is 5.57. The van der Waals surface area contributed by atoms with Gasteiger partial charge in [0, 0.05) is 25.6 Å².